The summed E-state index contributed by atoms with van der Waals surface area (Å²) in [5.41, 5.74) is 2.23. The van der Waals surface area contributed by atoms with Crippen LogP contribution in [0.15, 0.2) is 58.5 Å². The van der Waals surface area contributed by atoms with E-state index in [2.05, 4.69) is 12.2 Å². The van der Waals surface area contributed by atoms with Crippen LogP contribution >= 0.6 is 11.8 Å². The van der Waals surface area contributed by atoms with Crippen molar-refractivity contribution < 1.29 is 14.3 Å². The van der Waals surface area contributed by atoms with Gasteiger partial charge < -0.3 is 19.7 Å². The van der Waals surface area contributed by atoms with E-state index >= 15 is 0 Å². The second-order valence-electron chi connectivity index (χ2n) is 8.09. The lowest BCUT2D eigenvalue weighted by Gasteiger charge is -2.35. The number of nitrogens with one attached hydrogen (secondary N) is 1. The number of ether oxygens (including phenoxy) is 2. The molecule has 0 radical (unpaired) electrons. The highest BCUT2D eigenvalue weighted by molar-refractivity contribution is 8.15. The zero-order chi connectivity index (χ0) is 23.3. The molecule has 0 aliphatic carbocycles. The first-order chi connectivity index (χ1) is 16.1. The fraction of sp³-hybridized carbons (Fsp3) is 0.400. The quantitative estimate of drug-likeness (QED) is 0.645. The Hall–Kier alpha value is -3.00. The van der Waals surface area contributed by atoms with Gasteiger partial charge in [-0.15, -0.1) is 11.8 Å². The van der Waals surface area contributed by atoms with Crippen molar-refractivity contribution in [2.24, 2.45) is 9.98 Å². The van der Waals surface area contributed by atoms with E-state index in [1.165, 1.54) is 0 Å². The summed E-state index contributed by atoms with van der Waals surface area (Å²) in [6.07, 6.45) is 2.48. The molecular weight excluding hydrogens is 436 g/mol. The van der Waals surface area contributed by atoms with Crippen LogP contribution in [0, 0.1) is 0 Å². The number of aliphatic imine (C=N–C) groups is 2. The maximum absolute atomic E-state index is 12.8. The van der Waals surface area contributed by atoms with Crippen LogP contribution in [0.3, 0.4) is 0 Å². The van der Waals surface area contributed by atoms with Crippen LogP contribution < -0.4 is 14.8 Å². The van der Waals surface area contributed by atoms with E-state index in [0.29, 0.717) is 31.7 Å². The predicted molar refractivity (Wildman–Crippen MR) is 135 cm³/mol. The van der Waals surface area contributed by atoms with Gasteiger partial charge in [-0.2, -0.15) is 0 Å². The smallest absolute Gasteiger partial charge is 0.321 e. The molecule has 1 fully saturated rings. The standard InChI is InChI=1S/C25H30N4O3S/c1-4-16-33-23-22(18-8-10-20(31-2)11-9-18)27-25(28-23)12-14-29(15-13-25)24(30)26-19-6-5-7-21(17-19)32-3/h5-11,17H,4,12-16H2,1-3H3,(H,26,30). The number of thioether (sulfide) groups is 1. The third-order valence-corrected chi connectivity index (χ3v) is 6.98. The largest absolute Gasteiger partial charge is 0.497 e. The van der Waals surface area contributed by atoms with Crippen molar-refractivity contribution in [3.63, 3.8) is 0 Å². The highest BCUT2D eigenvalue weighted by Gasteiger charge is 2.40. The summed E-state index contributed by atoms with van der Waals surface area (Å²) in [4.78, 5) is 24.8. The van der Waals surface area contributed by atoms with Crippen molar-refractivity contribution >= 4 is 34.2 Å². The van der Waals surface area contributed by atoms with Crippen LogP contribution in [0.1, 0.15) is 31.7 Å². The fourth-order valence-corrected chi connectivity index (χ4v) is 4.89. The summed E-state index contributed by atoms with van der Waals surface area (Å²) in [6.45, 7) is 3.37. The fourth-order valence-electron chi connectivity index (χ4n) is 3.95. The van der Waals surface area contributed by atoms with E-state index in [0.717, 1.165) is 39.9 Å². The molecule has 0 saturated carbocycles. The first-order valence-electron chi connectivity index (χ1n) is 11.2. The van der Waals surface area contributed by atoms with Gasteiger partial charge in [0.1, 0.15) is 16.5 Å². The number of carbonyl (C=O) groups excluding carboxylic acids is 1. The number of benzene rings is 2. The van der Waals surface area contributed by atoms with Gasteiger partial charge in [0.25, 0.3) is 0 Å². The molecule has 2 amide bonds. The summed E-state index contributed by atoms with van der Waals surface area (Å²) in [6, 6.07) is 15.3. The minimum Gasteiger partial charge on any atom is -0.497 e. The van der Waals surface area contributed by atoms with Crippen molar-refractivity contribution in [2.75, 3.05) is 38.4 Å². The van der Waals surface area contributed by atoms with Crippen molar-refractivity contribution in [1.29, 1.82) is 0 Å². The number of likely N-dealkylation sites (tertiary alicyclic amines) is 1. The molecule has 0 bridgehead atoms. The lowest BCUT2D eigenvalue weighted by Crippen LogP contribution is -2.46. The normalized spacial score (nSPS) is 16.9. The molecular formula is C25H30N4O3S. The van der Waals surface area contributed by atoms with Crippen LogP contribution in [-0.2, 0) is 0 Å². The lowest BCUT2D eigenvalue weighted by atomic mass is 9.98. The summed E-state index contributed by atoms with van der Waals surface area (Å²) >= 11 is 1.76. The maximum Gasteiger partial charge on any atom is 0.321 e. The molecule has 2 aliphatic rings. The van der Waals surface area contributed by atoms with Gasteiger partial charge in [-0.1, -0.05) is 13.0 Å². The summed E-state index contributed by atoms with van der Waals surface area (Å²) in [7, 11) is 3.28. The molecule has 33 heavy (non-hydrogen) atoms. The van der Waals surface area contributed by atoms with E-state index < -0.39 is 5.66 Å². The molecule has 7 nitrogen and oxygen atoms in total. The van der Waals surface area contributed by atoms with Crippen LogP contribution in [0.25, 0.3) is 0 Å². The number of piperidine rings is 1. The van der Waals surface area contributed by atoms with Crippen LogP contribution in [0.5, 0.6) is 11.5 Å². The lowest BCUT2D eigenvalue weighted by molar-refractivity contribution is 0.175. The molecule has 2 aromatic rings. The number of nitrogens with zero attached hydrogens (tertiary/aromatic N) is 3. The average Bonchev–Trinajstić information content (AvgIpc) is 3.21. The molecule has 174 valence electrons. The van der Waals surface area contributed by atoms with E-state index in [1.807, 2.05) is 53.4 Å². The Bertz CT molecular complexity index is 1040. The van der Waals surface area contributed by atoms with Crippen LogP contribution in [0.2, 0.25) is 0 Å². The predicted octanol–water partition coefficient (Wildman–Crippen LogP) is 5.07. The first-order valence-corrected chi connectivity index (χ1v) is 12.2. The molecule has 4 rings (SSSR count). The number of hydrogen-bond donors (Lipinski definition) is 1. The minimum atomic E-state index is -0.488. The Morgan fingerprint density at radius 2 is 1.79 bits per heavy atom. The van der Waals surface area contributed by atoms with E-state index in [-0.39, 0.29) is 6.03 Å². The summed E-state index contributed by atoms with van der Waals surface area (Å²) in [5.74, 6) is 2.53. The monoisotopic (exact) mass is 466 g/mol. The second-order valence-corrected chi connectivity index (χ2v) is 9.17. The van der Waals surface area contributed by atoms with Crippen molar-refractivity contribution in [3.8, 4) is 11.5 Å². The minimum absolute atomic E-state index is 0.111. The molecule has 1 N–H and O–H groups in total. The number of amides is 2. The van der Waals surface area contributed by atoms with Gasteiger partial charge in [0, 0.05) is 43.2 Å². The Morgan fingerprint density at radius 3 is 2.45 bits per heavy atom. The van der Waals surface area contributed by atoms with Crippen LogP contribution in [-0.4, -0.2) is 60.4 Å². The van der Waals surface area contributed by atoms with E-state index in [4.69, 9.17) is 19.5 Å². The van der Waals surface area contributed by atoms with Crippen molar-refractivity contribution in [2.45, 2.75) is 31.8 Å². The Kier molecular flexibility index (Phi) is 7.23. The SMILES string of the molecule is CCCSC1=NC2(CCN(C(=O)Nc3cccc(OC)c3)CC2)N=C1c1ccc(OC)cc1. The van der Waals surface area contributed by atoms with Gasteiger partial charge in [-0.25, -0.2) is 9.79 Å². The molecule has 1 saturated heterocycles. The number of urea groups is 1. The van der Waals surface area contributed by atoms with Gasteiger partial charge in [-0.05, 0) is 48.6 Å². The zero-order valence-electron chi connectivity index (χ0n) is 19.3. The average molecular weight is 467 g/mol. The number of hydrogen-bond acceptors (Lipinski definition) is 6. The third-order valence-electron chi connectivity index (χ3n) is 5.81. The van der Waals surface area contributed by atoms with E-state index in [9.17, 15) is 4.79 Å². The highest BCUT2D eigenvalue weighted by atomic mass is 32.2. The van der Waals surface area contributed by atoms with Gasteiger partial charge in [0.15, 0.2) is 5.66 Å². The number of rotatable bonds is 6. The second kappa shape index (κ2) is 10.3. The number of methoxy groups -OCH3 is 2. The third kappa shape index (κ3) is 5.33. The molecule has 0 unspecified atom stereocenters. The Balaban J connectivity index is 1.46. The molecule has 2 aromatic carbocycles. The molecule has 8 heteroatoms. The number of anilines is 1. The molecule has 1 spiro atoms. The Morgan fingerprint density at radius 1 is 1.06 bits per heavy atom. The first kappa shape index (κ1) is 23.2. The maximum atomic E-state index is 12.8. The molecule has 2 heterocycles. The summed E-state index contributed by atoms with van der Waals surface area (Å²) < 4.78 is 10.5. The summed E-state index contributed by atoms with van der Waals surface area (Å²) in [5, 5.41) is 3.96. The van der Waals surface area contributed by atoms with Gasteiger partial charge in [-0.3, -0.25) is 4.99 Å². The molecule has 0 atom stereocenters. The topological polar surface area (TPSA) is 75.5 Å². The van der Waals surface area contributed by atoms with Gasteiger partial charge in [0.05, 0.1) is 19.9 Å². The van der Waals surface area contributed by atoms with Crippen LogP contribution in [0.4, 0.5) is 10.5 Å². The van der Waals surface area contributed by atoms with Crippen molar-refractivity contribution in [1.82, 2.24) is 4.90 Å². The van der Waals surface area contributed by atoms with Gasteiger partial charge >= 0.3 is 6.03 Å². The molecule has 2 aliphatic heterocycles. The highest BCUT2D eigenvalue weighted by Crippen LogP contribution is 2.36. The number of carbonyl (C=O) groups is 1. The molecule has 0 aromatic heterocycles. The van der Waals surface area contributed by atoms with E-state index in [1.54, 1.807) is 26.0 Å². The van der Waals surface area contributed by atoms with Crippen molar-refractivity contribution in [3.05, 3.63) is 54.1 Å². The Labute approximate surface area is 199 Å². The van der Waals surface area contributed by atoms with Gasteiger partial charge in [0.2, 0.25) is 0 Å². The zero-order valence-corrected chi connectivity index (χ0v) is 20.2.